The van der Waals surface area contributed by atoms with E-state index in [1.54, 1.807) is 0 Å². The minimum absolute atomic E-state index is 0.0871. The van der Waals surface area contributed by atoms with E-state index in [1.165, 1.54) is 37.3 Å². The summed E-state index contributed by atoms with van der Waals surface area (Å²) in [6.07, 6.45) is -3.66. The second-order valence-corrected chi connectivity index (χ2v) is 8.69. The van der Waals surface area contributed by atoms with Crippen molar-refractivity contribution in [1.82, 2.24) is 18.9 Å². The number of nitriles is 1. The minimum Gasteiger partial charge on any atom is -0.268 e. The Hall–Kier alpha value is -4.44. The fourth-order valence-electron chi connectivity index (χ4n) is 3.79. The van der Waals surface area contributed by atoms with Crippen molar-refractivity contribution in [2.75, 3.05) is 0 Å². The average molecular weight is 515 g/mol. The molecule has 0 aliphatic heterocycles. The third-order valence-corrected chi connectivity index (χ3v) is 6.27. The zero-order valence-corrected chi connectivity index (χ0v) is 19.5. The molecular formula is C23H16F3N5O4S. The number of hydrogen-bond acceptors (Lipinski definition) is 6. The van der Waals surface area contributed by atoms with Crippen LogP contribution in [0.1, 0.15) is 16.8 Å². The molecule has 4 rings (SSSR count). The normalized spacial score (nSPS) is 11.6. The Morgan fingerprint density at radius 3 is 2.28 bits per heavy atom. The molecule has 2 heterocycles. The van der Waals surface area contributed by atoms with Gasteiger partial charge in [0.1, 0.15) is 4.90 Å². The summed E-state index contributed by atoms with van der Waals surface area (Å²) in [5, 5.41) is 13.1. The number of rotatable bonds is 4. The highest BCUT2D eigenvalue weighted by atomic mass is 32.2. The molecule has 36 heavy (non-hydrogen) atoms. The van der Waals surface area contributed by atoms with Crippen LogP contribution in [-0.4, -0.2) is 27.3 Å². The van der Waals surface area contributed by atoms with Gasteiger partial charge in [-0.1, -0.05) is 6.07 Å². The van der Waals surface area contributed by atoms with E-state index in [0.717, 1.165) is 40.7 Å². The van der Waals surface area contributed by atoms with Crippen molar-refractivity contribution in [1.29, 1.82) is 5.26 Å². The predicted octanol–water partition coefficient (Wildman–Crippen LogP) is 2.56. The van der Waals surface area contributed by atoms with Crippen LogP contribution in [0.15, 0.2) is 69.2 Å². The van der Waals surface area contributed by atoms with Crippen molar-refractivity contribution >= 4 is 10.7 Å². The van der Waals surface area contributed by atoms with Gasteiger partial charge in [-0.25, -0.2) is 17.9 Å². The largest absolute Gasteiger partial charge is 0.416 e. The number of hydrogen-bond donors (Lipinski definition) is 1. The monoisotopic (exact) mass is 515 g/mol. The van der Waals surface area contributed by atoms with Gasteiger partial charge in [0.05, 0.1) is 46.0 Å². The number of halogens is 3. The lowest BCUT2D eigenvalue weighted by Gasteiger charge is -2.18. The van der Waals surface area contributed by atoms with E-state index in [0.29, 0.717) is 15.8 Å². The lowest BCUT2D eigenvalue weighted by atomic mass is 10.1. The first-order chi connectivity index (χ1) is 17.0. The molecule has 0 atom stereocenters. The van der Waals surface area contributed by atoms with Gasteiger partial charge in [0, 0.05) is 12.7 Å². The number of aromatic nitrogens is 4. The molecule has 0 fully saturated rings. The molecule has 0 bridgehead atoms. The van der Waals surface area contributed by atoms with Crippen LogP contribution in [0.5, 0.6) is 0 Å². The summed E-state index contributed by atoms with van der Waals surface area (Å²) in [6, 6.07) is 11.8. The Balaban J connectivity index is 2.09. The van der Waals surface area contributed by atoms with E-state index < -0.39 is 33.7 Å². The highest BCUT2D eigenvalue weighted by Crippen LogP contribution is 2.32. The van der Waals surface area contributed by atoms with Crippen LogP contribution in [0.2, 0.25) is 0 Å². The van der Waals surface area contributed by atoms with Gasteiger partial charge in [-0.05, 0) is 49.4 Å². The maximum atomic E-state index is 13.3. The third-order valence-electron chi connectivity index (χ3n) is 5.55. The first-order valence-corrected chi connectivity index (χ1v) is 11.4. The van der Waals surface area contributed by atoms with E-state index in [4.69, 9.17) is 5.26 Å². The molecule has 0 saturated heterocycles. The summed E-state index contributed by atoms with van der Waals surface area (Å²) in [6.45, 7) is 1.33. The van der Waals surface area contributed by atoms with Crippen LogP contribution in [0, 0.1) is 18.3 Å². The van der Waals surface area contributed by atoms with E-state index in [-0.39, 0.29) is 27.5 Å². The van der Waals surface area contributed by atoms with Gasteiger partial charge < -0.3 is 0 Å². The Labute approximate surface area is 202 Å². The van der Waals surface area contributed by atoms with Crippen molar-refractivity contribution in [3.8, 4) is 28.7 Å². The van der Waals surface area contributed by atoms with Gasteiger partial charge in [-0.2, -0.15) is 23.5 Å². The molecule has 0 spiro atoms. The van der Waals surface area contributed by atoms with E-state index >= 15 is 0 Å². The van der Waals surface area contributed by atoms with Gasteiger partial charge in [-0.15, -0.1) is 0 Å². The summed E-state index contributed by atoms with van der Waals surface area (Å²) in [7, 11) is -2.13. The lowest BCUT2D eigenvalue weighted by Crippen LogP contribution is -2.40. The second-order valence-electron chi connectivity index (χ2n) is 7.70. The first-order valence-electron chi connectivity index (χ1n) is 10.2. The highest BCUT2D eigenvalue weighted by Gasteiger charge is 2.31. The van der Waals surface area contributed by atoms with Crippen molar-refractivity contribution in [2.45, 2.75) is 18.0 Å². The zero-order valence-electron chi connectivity index (χ0n) is 18.6. The Bertz CT molecular complexity index is 1730. The van der Waals surface area contributed by atoms with Crippen molar-refractivity contribution in [3.63, 3.8) is 0 Å². The Morgan fingerprint density at radius 2 is 1.69 bits per heavy atom. The molecule has 0 radical (unpaired) electrons. The summed E-state index contributed by atoms with van der Waals surface area (Å²) in [5.41, 5.74) is -2.82. The zero-order chi connectivity index (χ0) is 26.4. The second kappa shape index (κ2) is 8.97. The van der Waals surface area contributed by atoms with Crippen molar-refractivity contribution < 1.29 is 21.6 Å². The van der Waals surface area contributed by atoms with Crippen LogP contribution in [-0.2, 0) is 23.9 Å². The Kier molecular flexibility index (Phi) is 6.15. The van der Waals surface area contributed by atoms with Gasteiger partial charge in [0.2, 0.25) is 0 Å². The fourth-order valence-corrected chi connectivity index (χ4v) is 4.32. The van der Waals surface area contributed by atoms with Crippen LogP contribution < -0.4 is 11.2 Å². The quantitative estimate of drug-likeness (QED) is 0.417. The van der Waals surface area contributed by atoms with Gasteiger partial charge >= 0.3 is 11.9 Å². The molecule has 13 heteroatoms. The van der Waals surface area contributed by atoms with Crippen LogP contribution in [0.25, 0.3) is 22.6 Å². The van der Waals surface area contributed by atoms with E-state index in [2.05, 4.69) is 5.10 Å². The summed E-state index contributed by atoms with van der Waals surface area (Å²) in [5.74, 6) is 0. The maximum Gasteiger partial charge on any atom is 0.416 e. The van der Waals surface area contributed by atoms with E-state index in [9.17, 15) is 31.2 Å². The Morgan fingerprint density at radius 1 is 1.03 bits per heavy atom. The molecule has 0 N–H and O–H groups in total. The summed E-state index contributed by atoms with van der Waals surface area (Å²) in [4.78, 5) is 25.9. The smallest absolute Gasteiger partial charge is 0.268 e. The highest BCUT2D eigenvalue weighted by molar-refractivity contribution is 7.72. The molecular weight excluding hydrogens is 499 g/mol. The molecule has 2 aromatic carbocycles. The third kappa shape index (κ3) is 4.11. The molecule has 184 valence electrons. The van der Waals surface area contributed by atoms with Crippen LogP contribution >= 0.6 is 0 Å². The maximum absolute atomic E-state index is 13.3. The lowest BCUT2D eigenvalue weighted by molar-refractivity contribution is -0.137. The number of alkyl halides is 3. The SMILES string of the molecule is Cc1c(-c2c([SH](=O)=O)cnn2-c2ccc(C#N)cc2)c(=O)n(C)c(=O)n1-c1cccc(C(F)(F)F)c1. The molecule has 0 saturated carbocycles. The number of nitrogens with zero attached hydrogens (tertiary/aromatic N) is 5. The van der Waals surface area contributed by atoms with Gasteiger partial charge in [0.15, 0.2) is 10.7 Å². The molecule has 0 amide bonds. The standard InChI is InChI=1S/C23H16F3N5O4S/c1-13-19(20-18(36(34)35)12-28-31(20)16-8-6-14(11-27)7-9-16)21(32)29(2)22(33)30(13)17-5-3-4-15(10-17)23(24,25)26/h3-10,12,36H,1-2H3. The van der Waals surface area contributed by atoms with Gasteiger partial charge in [-0.3, -0.25) is 13.9 Å². The summed E-state index contributed by atoms with van der Waals surface area (Å²) < 4.78 is 66.8. The topological polar surface area (TPSA) is 120 Å². The van der Waals surface area contributed by atoms with Gasteiger partial charge in [0.25, 0.3) is 5.56 Å². The van der Waals surface area contributed by atoms with Crippen molar-refractivity contribution in [3.05, 3.63) is 92.4 Å². The predicted molar refractivity (Wildman–Crippen MR) is 123 cm³/mol. The molecule has 2 aromatic heterocycles. The molecule has 9 nitrogen and oxygen atoms in total. The molecule has 0 unspecified atom stereocenters. The van der Waals surface area contributed by atoms with E-state index in [1.807, 2.05) is 6.07 Å². The average Bonchev–Trinajstić information content (AvgIpc) is 3.27. The molecule has 0 aliphatic rings. The summed E-state index contributed by atoms with van der Waals surface area (Å²) >= 11 is 0. The molecule has 0 aliphatic carbocycles. The minimum atomic E-state index is -4.68. The number of benzene rings is 2. The number of thiol groups is 1. The van der Waals surface area contributed by atoms with Crippen LogP contribution in [0.4, 0.5) is 13.2 Å². The van der Waals surface area contributed by atoms with Crippen molar-refractivity contribution in [2.24, 2.45) is 7.05 Å². The molecule has 4 aromatic rings. The van der Waals surface area contributed by atoms with Crippen LogP contribution in [0.3, 0.4) is 0 Å². The first kappa shape index (κ1) is 24.7. The fraction of sp³-hybridized carbons (Fsp3) is 0.130.